The largest absolute Gasteiger partial charge is 0.317 e. The van der Waals surface area contributed by atoms with Crippen LogP contribution < -0.4 is 5.32 Å². The van der Waals surface area contributed by atoms with E-state index >= 15 is 0 Å². The molecule has 1 atom stereocenters. The lowest BCUT2D eigenvalue weighted by Gasteiger charge is -2.25. The van der Waals surface area contributed by atoms with E-state index in [1.54, 1.807) is 0 Å². The molecule has 2 fully saturated rings. The molecule has 2 rings (SSSR count). The van der Waals surface area contributed by atoms with Gasteiger partial charge in [0.15, 0.2) is 0 Å². The Labute approximate surface area is 88.7 Å². The summed E-state index contributed by atoms with van der Waals surface area (Å²) < 4.78 is 0. The Morgan fingerprint density at radius 1 is 1.00 bits per heavy atom. The molecule has 0 aromatic rings. The van der Waals surface area contributed by atoms with Gasteiger partial charge in [-0.3, -0.25) is 0 Å². The molecule has 14 heavy (non-hydrogen) atoms. The Bertz CT molecular complexity index is 155. The van der Waals surface area contributed by atoms with Gasteiger partial charge in [0.2, 0.25) is 0 Å². The molecule has 1 N–H and O–H groups in total. The highest BCUT2D eigenvalue weighted by atomic mass is 14.9. The smallest absolute Gasteiger partial charge is 0.00949 e. The van der Waals surface area contributed by atoms with Gasteiger partial charge in [0.25, 0.3) is 0 Å². The Morgan fingerprint density at radius 2 is 1.57 bits per heavy atom. The molecular formula is C13H25N. The maximum atomic E-state index is 3.57. The first-order chi connectivity index (χ1) is 6.90. The molecule has 0 radical (unpaired) electrons. The van der Waals surface area contributed by atoms with Crippen LogP contribution in [0.15, 0.2) is 0 Å². The van der Waals surface area contributed by atoms with Crippen molar-refractivity contribution in [2.45, 2.75) is 63.8 Å². The van der Waals surface area contributed by atoms with Crippen LogP contribution >= 0.6 is 0 Å². The summed E-state index contributed by atoms with van der Waals surface area (Å²) in [4.78, 5) is 0. The second-order valence-electron chi connectivity index (χ2n) is 5.33. The molecule has 1 nitrogen and oxygen atoms in total. The average molecular weight is 195 g/mol. The minimum atomic E-state index is 0.834. The maximum Gasteiger partial charge on any atom is 0.00949 e. The van der Waals surface area contributed by atoms with E-state index in [-0.39, 0.29) is 0 Å². The predicted molar refractivity (Wildman–Crippen MR) is 61.4 cm³/mol. The van der Waals surface area contributed by atoms with Gasteiger partial charge in [0.05, 0.1) is 0 Å². The fraction of sp³-hybridized carbons (Fsp3) is 1.00. The molecule has 0 spiro atoms. The van der Waals surface area contributed by atoms with Gasteiger partial charge in [-0.15, -0.1) is 0 Å². The third-order valence-electron chi connectivity index (χ3n) is 4.40. The van der Waals surface area contributed by atoms with E-state index in [2.05, 4.69) is 12.4 Å². The summed E-state index contributed by atoms with van der Waals surface area (Å²) in [5, 5.41) is 3.57. The van der Waals surface area contributed by atoms with E-state index in [0.717, 1.165) is 17.9 Å². The van der Waals surface area contributed by atoms with E-state index in [0.29, 0.717) is 0 Å². The molecule has 1 heteroatoms. The normalized spacial score (nSPS) is 27.2. The summed E-state index contributed by atoms with van der Waals surface area (Å²) in [5.74, 6) is 2.05. The quantitative estimate of drug-likeness (QED) is 0.725. The molecular weight excluding hydrogens is 170 g/mol. The van der Waals surface area contributed by atoms with Gasteiger partial charge in [-0.1, -0.05) is 38.5 Å². The number of rotatable bonds is 4. The molecule has 2 aliphatic rings. The number of hydrogen-bond acceptors (Lipinski definition) is 1. The highest BCUT2D eigenvalue weighted by Gasteiger charge is 2.27. The summed E-state index contributed by atoms with van der Waals surface area (Å²) in [7, 11) is 2.16. The lowest BCUT2D eigenvalue weighted by Crippen LogP contribution is -2.33. The molecule has 1 unspecified atom stereocenters. The Hall–Kier alpha value is -0.0400. The topological polar surface area (TPSA) is 12.0 Å². The third-order valence-corrected chi connectivity index (χ3v) is 4.40. The molecule has 82 valence electrons. The van der Waals surface area contributed by atoms with Crippen LogP contribution in [-0.4, -0.2) is 13.1 Å². The molecule has 0 aromatic heterocycles. The van der Waals surface area contributed by atoms with Crippen molar-refractivity contribution in [1.82, 2.24) is 5.32 Å². The van der Waals surface area contributed by atoms with Crippen LogP contribution in [0.3, 0.4) is 0 Å². The molecule has 2 saturated carbocycles. The zero-order chi connectivity index (χ0) is 9.80. The maximum absolute atomic E-state index is 3.57. The highest BCUT2D eigenvalue weighted by Crippen LogP contribution is 2.34. The Balaban J connectivity index is 1.79. The van der Waals surface area contributed by atoms with Crippen LogP contribution in [0.2, 0.25) is 0 Å². The molecule has 0 saturated heterocycles. The van der Waals surface area contributed by atoms with Crippen molar-refractivity contribution in [3.63, 3.8) is 0 Å². The summed E-state index contributed by atoms with van der Waals surface area (Å²) in [5.41, 5.74) is 0. The van der Waals surface area contributed by atoms with Crippen LogP contribution in [0.5, 0.6) is 0 Å². The van der Waals surface area contributed by atoms with Gasteiger partial charge in [0.1, 0.15) is 0 Å². The van der Waals surface area contributed by atoms with E-state index in [9.17, 15) is 0 Å². The number of nitrogens with one attached hydrogen (secondary N) is 1. The second-order valence-corrected chi connectivity index (χ2v) is 5.33. The predicted octanol–water partition coefficient (Wildman–Crippen LogP) is 3.34. The first-order valence-corrected chi connectivity index (χ1v) is 6.57. The lowest BCUT2D eigenvalue weighted by atomic mass is 9.89. The van der Waals surface area contributed by atoms with Gasteiger partial charge >= 0.3 is 0 Å². The van der Waals surface area contributed by atoms with E-state index < -0.39 is 0 Å². The summed E-state index contributed by atoms with van der Waals surface area (Å²) >= 11 is 0. The standard InChI is InChI=1S/C13H25N/c1-14-13(12-8-4-5-9-12)10-11-6-2-3-7-11/h11-14H,2-10H2,1H3. The van der Waals surface area contributed by atoms with Crippen molar-refractivity contribution in [1.29, 1.82) is 0 Å². The van der Waals surface area contributed by atoms with E-state index in [1.165, 1.54) is 57.8 Å². The first-order valence-electron chi connectivity index (χ1n) is 6.57. The summed E-state index contributed by atoms with van der Waals surface area (Å²) in [6.07, 6.45) is 13.4. The summed E-state index contributed by atoms with van der Waals surface area (Å²) in [6.45, 7) is 0. The van der Waals surface area contributed by atoms with Crippen molar-refractivity contribution in [2.24, 2.45) is 11.8 Å². The SMILES string of the molecule is CNC(CC1CCCC1)C1CCCC1. The monoisotopic (exact) mass is 195 g/mol. The molecule has 0 aromatic carbocycles. The van der Waals surface area contributed by atoms with Gasteiger partial charge in [-0.05, 0) is 38.1 Å². The van der Waals surface area contributed by atoms with Crippen molar-refractivity contribution in [3.8, 4) is 0 Å². The Morgan fingerprint density at radius 3 is 2.14 bits per heavy atom. The van der Waals surface area contributed by atoms with E-state index in [1.807, 2.05) is 0 Å². The first kappa shape index (κ1) is 10.5. The molecule has 0 aliphatic heterocycles. The minimum absolute atomic E-state index is 0.834. The molecule has 0 amide bonds. The average Bonchev–Trinajstić information content (AvgIpc) is 2.86. The number of hydrogen-bond donors (Lipinski definition) is 1. The third kappa shape index (κ3) is 2.50. The van der Waals surface area contributed by atoms with Crippen LogP contribution in [0.4, 0.5) is 0 Å². The van der Waals surface area contributed by atoms with Crippen molar-refractivity contribution in [3.05, 3.63) is 0 Å². The Kier molecular flexibility index (Phi) is 3.86. The van der Waals surface area contributed by atoms with Crippen molar-refractivity contribution >= 4 is 0 Å². The zero-order valence-electron chi connectivity index (χ0n) is 9.60. The molecule has 0 heterocycles. The summed E-state index contributed by atoms with van der Waals surface area (Å²) in [6, 6.07) is 0.834. The van der Waals surface area contributed by atoms with Crippen LogP contribution in [0.1, 0.15) is 57.8 Å². The minimum Gasteiger partial charge on any atom is -0.317 e. The van der Waals surface area contributed by atoms with Gasteiger partial charge < -0.3 is 5.32 Å². The molecule has 2 aliphatic carbocycles. The van der Waals surface area contributed by atoms with E-state index in [4.69, 9.17) is 0 Å². The lowest BCUT2D eigenvalue weighted by molar-refractivity contribution is 0.309. The van der Waals surface area contributed by atoms with Crippen LogP contribution in [-0.2, 0) is 0 Å². The second kappa shape index (κ2) is 5.16. The fourth-order valence-electron chi connectivity index (χ4n) is 3.51. The van der Waals surface area contributed by atoms with Gasteiger partial charge in [0, 0.05) is 6.04 Å². The fourth-order valence-corrected chi connectivity index (χ4v) is 3.51. The highest BCUT2D eigenvalue weighted by molar-refractivity contribution is 4.83. The van der Waals surface area contributed by atoms with Gasteiger partial charge in [-0.2, -0.15) is 0 Å². The van der Waals surface area contributed by atoms with Crippen molar-refractivity contribution in [2.75, 3.05) is 7.05 Å². The zero-order valence-corrected chi connectivity index (χ0v) is 9.60. The molecule has 0 bridgehead atoms. The van der Waals surface area contributed by atoms with Crippen molar-refractivity contribution < 1.29 is 0 Å². The van der Waals surface area contributed by atoms with Crippen LogP contribution in [0.25, 0.3) is 0 Å². The van der Waals surface area contributed by atoms with Gasteiger partial charge in [-0.25, -0.2) is 0 Å². The van der Waals surface area contributed by atoms with Crippen LogP contribution in [0, 0.1) is 11.8 Å².